The summed E-state index contributed by atoms with van der Waals surface area (Å²) in [5, 5.41) is 12.7. The van der Waals surface area contributed by atoms with Crippen LogP contribution in [0, 0.1) is 0 Å². The first kappa shape index (κ1) is 29.6. The molecular formula is C50H32N4. The molecule has 0 aliphatic heterocycles. The Hall–Kier alpha value is -6.91. The normalized spacial score (nSPS) is 13.5. The minimum absolute atomic E-state index is 0.131. The second-order valence-electron chi connectivity index (χ2n) is 15.2. The zero-order chi connectivity index (χ0) is 35.7. The minimum Gasteiger partial charge on any atom is -0.278 e. The maximum atomic E-state index is 5.24. The Morgan fingerprint density at radius 3 is 1.69 bits per heavy atom. The van der Waals surface area contributed by atoms with Gasteiger partial charge in [0.2, 0.25) is 5.95 Å². The molecule has 0 saturated heterocycles. The van der Waals surface area contributed by atoms with E-state index in [1.165, 1.54) is 76.1 Å². The third-order valence-corrected chi connectivity index (χ3v) is 12.0. The highest BCUT2D eigenvalue weighted by Gasteiger charge is 2.37. The highest BCUT2D eigenvalue weighted by molar-refractivity contribution is 6.39. The van der Waals surface area contributed by atoms with Crippen LogP contribution in [-0.2, 0) is 5.41 Å². The predicted molar refractivity (Wildman–Crippen MR) is 224 cm³/mol. The average molecular weight is 689 g/mol. The molecule has 4 nitrogen and oxygen atoms in total. The van der Waals surface area contributed by atoms with Gasteiger partial charge in [-0.1, -0.05) is 153 Å². The lowest BCUT2D eigenvalue weighted by atomic mass is 9.80. The van der Waals surface area contributed by atoms with E-state index < -0.39 is 0 Å². The molecule has 0 atom stereocenters. The maximum absolute atomic E-state index is 5.24. The molecule has 0 amide bonds. The molecule has 1 aliphatic rings. The summed E-state index contributed by atoms with van der Waals surface area (Å²) in [5.74, 6) is 1.89. The van der Waals surface area contributed by atoms with Crippen LogP contribution in [0.2, 0.25) is 0 Å². The van der Waals surface area contributed by atoms with Crippen molar-refractivity contribution in [2.75, 3.05) is 0 Å². The number of rotatable bonds is 3. The Morgan fingerprint density at radius 1 is 0.407 bits per heavy atom. The molecule has 12 rings (SSSR count). The zero-order valence-electron chi connectivity index (χ0n) is 29.8. The number of nitrogens with zero attached hydrogens (tertiary/aromatic N) is 4. The molecule has 252 valence electrons. The van der Waals surface area contributed by atoms with Crippen LogP contribution >= 0.6 is 0 Å². The summed E-state index contributed by atoms with van der Waals surface area (Å²) in [7, 11) is 0. The highest BCUT2D eigenvalue weighted by Crippen LogP contribution is 2.55. The van der Waals surface area contributed by atoms with Crippen molar-refractivity contribution < 1.29 is 0 Å². The third-order valence-electron chi connectivity index (χ3n) is 12.0. The van der Waals surface area contributed by atoms with Gasteiger partial charge in [-0.05, 0) is 83.5 Å². The van der Waals surface area contributed by atoms with Gasteiger partial charge in [0.15, 0.2) is 11.6 Å². The number of benzene rings is 9. The number of para-hydroxylation sites is 1. The minimum atomic E-state index is -0.131. The van der Waals surface area contributed by atoms with Gasteiger partial charge in [0, 0.05) is 27.3 Å². The van der Waals surface area contributed by atoms with Crippen molar-refractivity contribution in [1.82, 2.24) is 19.5 Å². The molecule has 0 radical (unpaired) electrons. The summed E-state index contributed by atoms with van der Waals surface area (Å²) < 4.78 is 2.26. The van der Waals surface area contributed by atoms with Crippen molar-refractivity contribution in [1.29, 1.82) is 0 Å². The van der Waals surface area contributed by atoms with E-state index in [-0.39, 0.29) is 5.41 Å². The molecule has 0 N–H and O–H groups in total. The van der Waals surface area contributed by atoms with Crippen molar-refractivity contribution >= 4 is 64.9 Å². The molecule has 1 aliphatic carbocycles. The van der Waals surface area contributed by atoms with Crippen molar-refractivity contribution in [2.24, 2.45) is 0 Å². The Morgan fingerprint density at radius 2 is 0.963 bits per heavy atom. The first-order valence-corrected chi connectivity index (χ1v) is 18.6. The van der Waals surface area contributed by atoms with Crippen LogP contribution in [0.3, 0.4) is 0 Å². The SMILES string of the molecule is CC1(C)c2ccccc2-c2c1cc1c3cc4c(c5cccc(c6cccc2c61)c35)c1ccccc1n4-c1nc(-c2ccccc2)nc(-c2ccccc2)n1. The number of fused-ring (bicyclic) bond motifs is 10. The van der Waals surface area contributed by atoms with Gasteiger partial charge in [0.05, 0.1) is 11.0 Å². The Labute approximate surface area is 311 Å². The Balaban J connectivity index is 1.26. The maximum Gasteiger partial charge on any atom is 0.238 e. The van der Waals surface area contributed by atoms with E-state index in [1.54, 1.807) is 0 Å². The van der Waals surface area contributed by atoms with Crippen LogP contribution in [0.5, 0.6) is 0 Å². The van der Waals surface area contributed by atoms with Gasteiger partial charge in [-0.25, -0.2) is 4.98 Å². The molecule has 0 fully saturated rings. The van der Waals surface area contributed by atoms with Crippen LogP contribution in [-0.4, -0.2) is 19.5 Å². The number of hydrogen-bond acceptors (Lipinski definition) is 3. The lowest BCUT2D eigenvalue weighted by molar-refractivity contribution is 0.661. The molecule has 0 unspecified atom stereocenters. The lowest BCUT2D eigenvalue weighted by Crippen LogP contribution is -2.14. The van der Waals surface area contributed by atoms with Gasteiger partial charge in [-0.2, -0.15) is 9.97 Å². The van der Waals surface area contributed by atoms with Gasteiger partial charge in [-0.3, -0.25) is 4.57 Å². The molecule has 0 saturated carbocycles. The quantitative estimate of drug-likeness (QED) is 0.137. The molecule has 2 heterocycles. The fourth-order valence-corrected chi connectivity index (χ4v) is 9.58. The largest absolute Gasteiger partial charge is 0.278 e. The van der Waals surface area contributed by atoms with Gasteiger partial charge < -0.3 is 0 Å². The van der Waals surface area contributed by atoms with E-state index >= 15 is 0 Å². The molecule has 4 heteroatoms. The first-order chi connectivity index (χ1) is 26.6. The molecule has 0 bridgehead atoms. The van der Waals surface area contributed by atoms with E-state index in [2.05, 4.69) is 140 Å². The Bertz CT molecular complexity index is 3280. The summed E-state index contributed by atoms with van der Waals surface area (Å²) >= 11 is 0. The first-order valence-electron chi connectivity index (χ1n) is 18.6. The van der Waals surface area contributed by atoms with Crippen LogP contribution in [0.25, 0.3) is 105 Å². The third kappa shape index (κ3) is 3.84. The van der Waals surface area contributed by atoms with Crippen molar-refractivity contribution in [3.05, 3.63) is 169 Å². The van der Waals surface area contributed by atoms with Crippen molar-refractivity contribution in [3.63, 3.8) is 0 Å². The standard InChI is InChI=1S/C50H32N4/c1-50(2)39-25-11-9-19-33(39)45-35-23-13-21-31-32-22-14-24-36-44(32)38(37(43(31)35)27-40(45)50)28-42-46(36)34-20-10-12-26-41(34)54(42)49-52-47(29-15-5-3-6-16-29)51-48(53-49)30-17-7-4-8-18-30/h3-28H,1-2H3. The average Bonchev–Trinajstić information content (AvgIpc) is 3.68. The molecule has 9 aromatic carbocycles. The van der Waals surface area contributed by atoms with Crippen LogP contribution in [0.1, 0.15) is 25.0 Å². The smallest absolute Gasteiger partial charge is 0.238 e. The number of aromatic nitrogens is 4. The second-order valence-corrected chi connectivity index (χ2v) is 15.2. The van der Waals surface area contributed by atoms with E-state index in [4.69, 9.17) is 15.0 Å². The lowest BCUT2D eigenvalue weighted by Gasteiger charge is -2.23. The molecule has 0 spiro atoms. The monoisotopic (exact) mass is 688 g/mol. The number of hydrogen-bond donors (Lipinski definition) is 0. The molecule has 11 aromatic rings. The second kappa shape index (κ2) is 10.6. The zero-order valence-corrected chi connectivity index (χ0v) is 29.8. The summed E-state index contributed by atoms with van der Waals surface area (Å²) in [6.07, 6.45) is 0. The van der Waals surface area contributed by atoms with E-state index in [0.29, 0.717) is 17.6 Å². The summed E-state index contributed by atoms with van der Waals surface area (Å²) in [6, 6.07) is 56.8. The van der Waals surface area contributed by atoms with Crippen LogP contribution in [0.15, 0.2) is 158 Å². The predicted octanol–water partition coefficient (Wildman–Crippen LogP) is 12.7. The van der Waals surface area contributed by atoms with Gasteiger partial charge >= 0.3 is 0 Å². The highest BCUT2D eigenvalue weighted by atomic mass is 15.2. The van der Waals surface area contributed by atoms with Crippen molar-refractivity contribution in [2.45, 2.75) is 19.3 Å². The summed E-state index contributed by atoms with van der Waals surface area (Å²) in [5.41, 5.74) is 9.40. The van der Waals surface area contributed by atoms with Crippen molar-refractivity contribution in [3.8, 4) is 39.9 Å². The topological polar surface area (TPSA) is 43.6 Å². The molecular weight excluding hydrogens is 657 g/mol. The van der Waals surface area contributed by atoms with Crippen LogP contribution in [0.4, 0.5) is 0 Å². The summed E-state index contributed by atoms with van der Waals surface area (Å²) in [6.45, 7) is 4.76. The fraction of sp³-hybridized carbons (Fsp3) is 0.0600. The van der Waals surface area contributed by atoms with Crippen LogP contribution < -0.4 is 0 Å². The fourth-order valence-electron chi connectivity index (χ4n) is 9.58. The molecule has 2 aromatic heterocycles. The van der Waals surface area contributed by atoms with Gasteiger partial charge in [0.25, 0.3) is 0 Å². The Kier molecular flexibility index (Phi) is 5.81. The van der Waals surface area contributed by atoms with E-state index in [9.17, 15) is 0 Å². The summed E-state index contributed by atoms with van der Waals surface area (Å²) in [4.78, 5) is 15.5. The van der Waals surface area contributed by atoms with Gasteiger partial charge in [0.1, 0.15) is 0 Å². The van der Waals surface area contributed by atoms with E-state index in [0.717, 1.165) is 22.2 Å². The van der Waals surface area contributed by atoms with Gasteiger partial charge in [-0.15, -0.1) is 0 Å². The van der Waals surface area contributed by atoms with E-state index in [1.807, 2.05) is 36.4 Å². The molecule has 54 heavy (non-hydrogen) atoms.